The maximum atomic E-state index is 12.5. The highest BCUT2D eigenvalue weighted by molar-refractivity contribution is 9.10. The fraction of sp³-hybridized carbons (Fsp3) is 0.538. The van der Waals surface area contributed by atoms with Gasteiger partial charge in [0.1, 0.15) is 5.69 Å². The average molecular weight is 329 g/mol. The van der Waals surface area contributed by atoms with Crippen molar-refractivity contribution in [2.45, 2.75) is 25.6 Å². The van der Waals surface area contributed by atoms with E-state index in [0.29, 0.717) is 23.3 Å². The van der Waals surface area contributed by atoms with Crippen LogP contribution >= 0.6 is 15.9 Å². The predicted molar refractivity (Wildman–Crippen MR) is 73.9 cm³/mol. The van der Waals surface area contributed by atoms with Crippen LogP contribution in [-0.2, 0) is 4.74 Å². The molecule has 1 aliphatic rings. The molecule has 6 heteroatoms. The zero-order chi connectivity index (χ0) is 14.0. The molecule has 1 atom stereocenters. The lowest BCUT2D eigenvalue weighted by Crippen LogP contribution is -2.55. The van der Waals surface area contributed by atoms with Crippen molar-refractivity contribution in [3.63, 3.8) is 0 Å². The van der Waals surface area contributed by atoms with Gasteiger partial charge in [0.2, 0.25) is 0 Å². The number of rotatable bonds is 2. The molecule has 1 amide bonds. The number of carbonyl (C=O) groups excluding carboxylic acids is 1. The van der Waals surface area contributed by atoms with Crippen LogP contribution in [0.4, 0.5) is 0 Å². The van der Waals surface area contributed by atoms with Gasteiger partial charge in [0.15, 0.2) is 0 Å². The van der Waals surface area contributed by atoms with Gasteiger partial charge in [0.05, 0.1) is 18.3 Å². The molecule has 5 nitrogen and oxygen atoms in total. The number of aliphatic hydroxyl groups is 1. The summed E-state index contributed by atoms with van der Waals surface area (Å²) < 4.78 is 6.36. The first kappa shape index (κ1) is 14.4. The van der Waals surface area contributed by atoms with Crippen LogP contribution in [0.3, 0.4) is 0 Å². The Bertz CT molecular complexity index is 479. The molecule has 104 valence electrons. The highest BCUT2D eigenvalue weighted by atomic mass is 79.9. The second kappa shape index (κ2) is 5.56. The van der Waals surface area contributed by atoms with Crippen molar-refractivity contribution in [2.75, 3.05) is 19.7 Å². The molecule has 2 rings (SSSR count). The molecule has 0 spiro atoms. The van der Waals surface area contributed by atoms with Gasteiger partial charge in [0.25, 0.3) is 5.91 Å². The van der Waals surface area contributed by atoms with E-state index in [1.165, 1.54) is 0 Å². The van der Waals surface area contributed by atoms with Crippen molar-refractivity contribution in [3.05, 3.63) is 28.5 Å². The quantitative estimate of drug-likeness (QED) is 0.892. The van der Waals surface area contributed by atoms with Gasteiger partial charge in [-0.3, -0.25) is 4.79 Å². The van der Waals surface area contributed by atoms with E-state index in [1.54, 1.807) is 23.2 Å². The minimum Gasteiger partial charge on any atom is -0.394 e. The van der Waals surface area contributed by atoms with Crippen molar-refractivity contribution in [3.8, 4) is 0 Å². The summed E-state index contributed by atoms with van der Waals surface area (Å²) in [6.07, 6.45) is 1.24. The van der Waals surface area contributed by atoms with Crippen LogP contribution in [0.2, 0.25) is 0 Å². The topological polar surface area (TPSA) is 62.7 Å². The molecule has 19 heavy (non-hydrogen) atoms. The molecule has 0 bridgehead atoms. The molecular formula is C13H17BrN2O3. The third-order valence-corrected chi connectivity index (χ3v) is 3.57. The standard InChI is InChI=1S/C13H17BrN2O3/c1-13(2)8-16(6-9(7-17)19-13)12(18)11-10(14)4-3-5-15-11/h3-5,9,17H,6-8H2,1-2H3. The van der Waals surface area contributed by atoms with Crippen molar-refractivity contribution in [1.29, 1.82) is 0 Å². The van der Waals surface area contributed by atoms with Gasteiger partial charge >= 0.3 is 0 Å². The molecule has 0 aliphatic carbocycles. The van der Waals surface area contributed by atoms with E-state index >= 15 is 0 Å². The van der Waals surface area contributed by atoms with Crippen LogP contribution < -0.4 is 0 Å². The molecule has 1 aromatic heterocycles. The number of halogens is 1. The molecule has 1 N–H and O–H groups in total. The monoisotopic (exact) mass is 328 g/mol. The van der Waals surface area contributed by atoms with E-state index < -0.39 is 5.60 Å². The molecular weight excluding hydrogens is 312 g/mol. The molecule has 1 unspecified atom stereocenters. The molecule has 0 saturated carbocycles. The third kappa shape index (κ3) is 3.32. The summed E-state index contributed by atoms with van der Waals surface area (Å²) in [5, 5.41) is 9.26. The van der Waals surface area contributed by atoms with Crippen molar-refractivity contribution in [2.24, 2.45) is 0 Å². The normalized spacial score (nSPS) is 22.3. The SMILES string of the molecule is CC1(C)CN(C(=O)c2ncccc2Br)CC(CO)O1. The third-order valence-electron chi connectivity index (χ3n) is 2.93. The van der Waals surface area contributed by atoms with Crippen LogP contribution in [0, 0.1) is 0 Å². The summed E-state index contributed by atoms with van der Waals surface area (Å²) in [6, 6.07) is 3.55. The fourth-order valence-electron chi connectivity index (χ4n) is 2.24. The summed E-state index contributed by atoms with van der Waals surface area (Å²) in [5.41, 5.74) is -0.0837. The highest BCUT2D eigenvalue weighted by Crippen LogP contribution is 2.23. The molecule has 1 aromatic rings. The van der Waals surface area contributed by atoms with Gasteiger partial charge < -0.3 is 14.7 Å². The number of aliphatic hydroxyl groups excluding tert-OH is 1. The number of amides is 1. The number of hydrogen-bond donors (Lipinski definition) is 1. The molecule has 1 aliphatic heterocycles. The van der Waals surface area contributed by atoms with E-state index in [1.807, 2.05) is 13.8 Å². The van der Waals surface area contributed by atoms with E-state index in [4.69, 9.17) is 4.74 Å². The van der Waals surface area contributed by atoms with Crippen molar-refractivity contribution in [1.82, 2.24) is 9.88 Å². The predicted octanol–water partition coefficient (Wildman–Crippen LogP) is 1.46. The molecule has 1 fully saturated rings. The Hall–Kier alpha value is -0.980. The number of aromatic nitrogens is 1. The van der Waals surface area contributed by atoms with Crippen molar-refractivity contribution < 1.29 is 14.6 Å². The molecule has 1 saturated heterocycles. The number of pyridine rings is 1. The van der Waals surface area contributed by atoms with Crippen LogP contribution in [-0.4, -0.2) is 52.3 Å². The number of morpholine rings is 1. The Morgan fingerprint density at radius 1 is 1.68 bits per heavy atom. The maximum absolute atomic E-state index is 12.5. The summed E-state index contributed by atoms with van der Waals surface area (Å²) in [7, 11) is 0. The minimum absolute atomic E-state index is 0.101. The first-order valence-electron chi connectivity index (χ1n) is 6.11. The van der Waals surface area contributed by atoms with Crippen LogP contribution in [0.15, 0.2) is 22.8 Å². The highest BCUT2D eigenvalue weighted by Gasteiger charge is 2.36. The maximum Gasteiger partial charge on any atom is 0.273 e. The van der Waals surface area contributed by atoms with Gasteiger partial charge in [-0.2, -0.15) is 0 Å². The number of ether oxygens (including phenoxy) is 1. The van der Waals surface area contributed by atoms with Gasteiger partial charge in [-0.1, -0.05) is 0 Å². The summed E-state index contributed by atoms with van der Waals surface area (Å²) in [5.74, 6) is -0.151. The Morgan fingerprint density at radius 2 is 2.42 bits per heavy atom. The number of carbonyl (C=O) groups is 1. The first-order valence-corrected chi connectivity index (χ1v) is 6.91. The number of hydrogen-bond acceptors (Lipinski definition) is 4. The van der Waals surface area contributed by atoms with E-state index in [2.05, 4.69) is 20.9 Å². The molecule has 0 aromatic carbocycles. The largest absolute Gasteiger partial charge is 0.394 e. The van der Waals surface area contributed by atoms with Crippen LogP contribution in [0.25, 0.3) is 0 Å². The summed E-state index contributed by atoms with van der Waals surface area (Å²) in [4.78, 5) is 18.3. The Balaban J connectivity index is 2.21. The van der Waals surface area contributed by atoms with Gasteiger partial charge in [-0.15, -0.1) is 0 Å². The van der Waals surface area contributed by atoms with Gasteiger partial charge in [0, 0.05) is 23.8 Å². The minimum atomic E-state index is -0.470. The zero-order valence-corrected chi connectivity index (χ0v) is 12.6. The van der Waals surface area contributed by atoms with Crippen LogP contribution in [0.1, 0.15) is 24.3 Å². The van der Waals surface area contributed by atoms with E-state index in [0.717, 1.165) is 0 Å². The fourth-order valence-corrected chi connectivity index (χ4v) is 2.66. The summed E-state index contributed by atoms with van der Waals surface area (Å²) in [6.45, 7) is 4.56. The van der Waals surface area contributed by atoms with Gasteiger partial charge in [-0.25, -0.2) is 4.98 Å². The lowest BCUT2D eigenvalue weighted by atomic mass is 10.0. The molecule has 2 heterocycles. The lowest BCUT2D eigenvalue weighted by Gasteiger charge is -2.42. The Morgan fingerprint density at radius 3 is 3.05 bits per heavy atom. The smallest absolute Gasteiger partial charge is 0.273 e. The van der Waals surface area contributed by atoms with E-state index in [-0.39, 0.29) is 18.6 Å². The number of nitrogens with zero attached hydrogens (tertiary/aromatic N) is 2. The Kier molecular flexibility index (Phi) is 4.23. The second-order valence-electron chi connectivity index (χ2n) is 5.20. The molecule has 0 radical (unpaired) electrons. The second-order valence-corrected chi connectivity index (χ2v) is 6.06. The first-order chi connectivity index (χ1) is 8.93. The zero-order valence-electron chi connectivity index (χ0n) is 11.0. The van der Waals surface area contributed by atoms with Crippen LogP contribution in [0.5, 0.6) is 0 Å². The average Bonchev–Trinajstić information content (AvgIpc) is 2.36. The van der Waals surface area contributed by atoms with Crippen molar-refractivity contribution >= 4 is 21.8 Å². The Labute approximate surface area is 120 Å². The summed E-state index contributed by atoms with van der Waals surface area (Å²) >= 11 is 3.33. The lowest BCUT2D eigenvalue weighted by molar-refractivity contribution is -0.139. The van der Waals surface area contributed by atoms with E-state index in [9.17, 15) is 9.90 Å². The van der Waals surface area contributed by atoms with Gasteiger partial charge in [-0.05, 0) is 41.9 Å².